The molecule has 0 aliphatic carbocycles. The summed E-state index contributed by atoms with van der Waals surface area (Å²) in [4.78, 5) is 26.3. The van der Waals surface area contributed by atoms with E-state index in [1.807, 2.05) is 24.3 Å². The zero-order valence-corrected chi connectivity index (χ0v) is 20.9. The van der Waals surface area contributed by atoms with Crippen molar-refractivity contribution in [3.05, 3.63) is 77.9 Å². The Kier molecular flexibility index (Phi) is 7.74. The molecule has 2 amide bonds. The highest BCUT2D eigenvalue weighted by atomic mass is 32.2. The summed E-state index contributed by atoms with van der Waals surface area (Å²) >= 11 is 0. The van der Waals surface area contributed by atoms with Crippen LogP contribution in [0.4, 0.5) is 4.79 Å². The van der Waals surface area contributed by atoms with Gasteiger partial charge in [-0.05, 0) is 53.8 Å². The number of piperidine rings is 1. The first kappa shape index (κ1) is 26.1. The van der Waals surface area contributed by atoms with Crippen LogP contribution < -0.4 is 15.8 Å². The van der Waals surface area contributed by atoms with Gasteiger partial charge in [0, 0.05) is 24.7 Å². The first-order valence-corrected chi connectivity index (χ1v) is 13.3. The molecule has 1 aliphatic rings. The molecule has 1 heterocycles. The van der Waals surface area contributed by atoms with Crippen molar-refractivity contribution in [2.45, 2.75) is 36.2 Å². The van der Waals surface area contributed by atoms with E-state index in [-0.39, 0.29) is 23.7 Å². The molecular formula is C26H29N5O5S. The van der Waals surface area contributed by atoms with Gasteiger partial charge in [-0.2, -0.15) is 4.72 Å². The molecule has 3 aromatic rings. The number of carboxylic acid groups (broad SMARTS) is 1. The lowest BCUT2D eigenvalue weighted by Gasteiger charge is -2.35. The van der Waals surface area contributed by atoms with Crippen LogP contribution >= 0.6 is 0 Å². The summed E-state index contributed by atoms with van der Waals surface area (Å²) < 4.78 is 29.4. The van der Waals surface area contributed by atoms with Gasteiger partial charge in [0.25, 0.3) is 0 Å². The van der Waals surface area contributed by atoms with Crippen LogP contribution in [0.25, 0.3) is 10.8 Å². The van der Waals surface area contributed by atoms with Crippen molar-refractivity contribution in [1.29, 1.82) is 5.41 Å². The average molecular weight is 524 g/mol. The summed E-state index contributed by atoms with van der Waals surface area (Å²) in [6.07, 6.45) is 0.0273. The Hall–Kier alpha value is -3.96. The minimum Gasteiger partial charge on any atom is -0.465 e. The molecule has 2 atom stereocenters. The zero-order valence-electron chi connectivity index (χ0n) is 20.1. The lowest BCUT2D eigenvalue weighted by atomic mass is 10.0. The number of carbonyl (C=O) groups is 2. The van der Waals surface area contributed by atoms with Crippen LogP contribution in [0.5, 0.6) is 0 Å². The minimum atomic E-state index is -4.09. The second kappa shape index (κ2) is 11.0. The van der Waals surface area contributed by atoms with Crippen LogP contribution in [0.1, 0.15) is 24.0 Å². The van der Waals surface area contributed by atoms with Crippen molar-refractivity contribution >= 4 is 38.6 Å². The fraction of sp³-hybridized carbons (Fsp3) is 0.269. The summed E-state index contributed by atoms with van der Waals surface area (Å²) in [7, 11) is -4.09. The van der Waals surface area contributed by atoms with Gasteiger partial charge in [-0.15, -0.1) is 0 Å². The van der Waals surface area contributed by atoms with Crippen LogP contribution in [0.2, 0.25) is 0 Å². The number of rotatable bonds is 8. The van der Waals surface area contributed by atoms with Gasteiger partial charge in [-0.3, -0.25) is 10.2 Å². The van der Waals surface area contributed by atoms with E-state index in [0.29, 0.717) is 30.5 Å². The third-order valence-electron chi connectivity index (χ3n) is 6.37. The Morgan fingerprint density at radius 2 is 1.84 bits per heavy atom. The van der Waals surface area contributed by atoms with Crippen LogP contribution in [0, 0.1) is 5.41 Å². The zero-order chi connectivity index (χ0) is 26.6. The van der Waals surface area contributed by atoms with Gasteiger partial charge in [0.2, 0.25) is 15.9 Å². The molecule has 194 valence electrons. The Morgan fingerprint density at radius 1 is 1.08 bits per heavy atom. The molecule has 2 unspecified atom stereocenters. The van der Waals surface area contributed by atoms with E-state index in [1.165, 1.54) is 11.0 Å². The van der Waals surface area contributed by atoms with E-state index in [2.05, 4.69) is 10.0 Å². The molecule has 0 spiro atoms. The summed E-state index contributed by atoms with van der Waals surface area (Å²) in [5, 5.41) is 20.8. The topological polar surface area (TPSA) is 166 Å². The number of carbonyl (C=O) groups excluding carboxylic acids is 1. The number of amides is 2. The number of amidine groups is 1. The van der Waals surface area contributed by atoms with Crippen molar-refractivity contribution in [2.24, 2.45) is 5.73 Å². The lowest BCUT2D eigenvalue weighted by molar-refractivity contribution is -0.134. The monoisotopic (exact) mass is 523 g/mol. The van der Waals surface area contributed by atoms with E-state index in [4.69, 9.17) is 16.2 Å². The first-order chi connectivity index (χ1) is 17.6. The molecule has 10 nitrogen and oxygen atoms in total. The van der Waals surface area contributed by atoms with E-state index in [9.17, 15) is 18.0 Å². The van der Waals surface area contributed by atoms with E-state index in [1.54, 1.807) is 36.4 Å². The van der Waals surface area contributed by atoms with Crippen molar-refractivity contribution in [2.75, 3.05) is 13.1 Å². The number of hydrogen-bond donors (Lipinski definition) is 5. The number of nitrogen functional groups attached to an aromatic ring is 1. The van der Waals surface area contributed by atoms with Crippen LogP contribution in [0.3, 0.4) is 0 Å². The van der Waals surface area contributed by atoms with Crippen LogP contribution in [-0.2, 0) is 21.2 Å². The van der Waals surface area contributed by atoms with Gasteiger partial charge in [0.05, 0.1) is 4.90 Å². The van der Waals surface area contributed by atoms with Crippen molar-refractivity contribution in [3.8, 4) is 0 Å². The van der Waals surface area contributed by atoms with Crippen molar-refractivity contribution in [3.63, 3.8) is 0 Å². The molecule has 1 saturated heterocycles. The van der Waals surface area contributed by atoms with E-state index >= 15 is 0 Å². The predicted molar refractivity (Wildman–Crippen MR) is 140 cm³/mol. The average Bonchev–Trinajstić information content (AvgIpc) is 2.87. The maximum atomic E-state index is 13.6. The second-order valence-electron chi connectivity index (χ2n) is 9.07. The summed E-state index contributed by atoms with van der Waals surface area (Å²) in [6.45, 7) is 0.533. The number of nitrogens with zero attached hydrogens (tertiary/aromatic N) is 1. The molecule has 1 aliphatic heterocycles. The van der Waals surface area contributed by atoms with Crippen LogP contribution in [-0.4, -0.2) is 61.4 Å². The Labute approximate surface area is 215 Å². The summed E-state index contributed by atoms with van der Waals surface area (Å²) in [6, 6.07) is 17.3. The molecule has 4 rings (SSSR count). The molecule has 0 bridgehead atoms. The highest BCUT2D eigenvalue weighted by molar-refractivity contribution is 7.89. The quantitative estimate of drug-likeness (QED) is 0.224. The third-order valence-corrected chi connectivity index (χ3v) is 7.83. The SMILES string of the molecule is N=C(N)c1cccc(CC(NS(=O)(=O)c2ccc3ccccc3c2)C(=O)N2CCCC(NC(=O)O)C2)c1. The fourth-order valence-corrected chi connectivity index (χ4v) is 5.79. The maximum absolute atomic E-state index is 13.6. The van der Waals surface area contributed by atoms with Gasteiger partial charge in [-0.1, -0.05) is 48.5 Å². The standard InChI is InChI=1S/C26H29N5O5S/c27-24(28)20-8-3-5-17(13-20)14-23(25(32)31-12-4-9-21(16-31)29-26(33)34)30-37(35,36)22-11-10-18-6-1-2-7-19(18)15-22/h1-3,5-8,10-11,13,15,21,23,29-30H,4,9,12,14,16H2,(H3,27,28)(H,33,34). The highest BCUT2D eigenvalue weighted by Gasteiger charge is 2.33. The molecule has 37 heavy (non-hydrogen) atoms. The van der Waals surface area contributed by atoms with Gasteiger partial charge in [0.1, 0.15) is 11.9 Å². The minimum absolute atomic E-state index is 0.0281. The van der Waals surface area contributed by atoms with Gasteiger partial charge >= 0.3 is 6.09 Å². The molecule has 6 N–H and O–H groups in total. The van der Waals surface area contributed by atoms with Gasteiger partial charge in [-0.25, -0.2) is 13.2 Å². The predicted octanol–water partition coefficient (Wildman–Crippen LogP) is 2.27. The van der Waals surface area contributed by atoms with Gasteiger partial charge in [0.15, 0.2) is 0 Å². The smallest absolute Gasteiger partial charge is 0.404 e. The van der Waals surface area contributed by atoms with E-state index < -0.39 is 34.1 Å². The molecule has 0 saturated carbocycles. The largest absolute Gasteiger partial charge is 0.465 e. The number of nitrogens with two attached hydrogens (primary N) is 1. The number of fused-ring (bicyclic) bond motifs is 1. The van der Waals surface area contributed by atoms with Gasteiger partial charge < -0.3 is 21.1 Å². The normalized spacial score (nSPS) is 16.8. The third kappa shape index (κ3) is 6.43. The molecule has 0 aromatic heterocycles. The van der Waals surface area contributed by atoms with Crippen molar-refractivity contribution in [1.82, 2.24) is 14.9 Å². The maximum Gasteiger partial charge on any atom is 0.404 e. The van der Waals surface area contributed by atoms with E-state index in [0.717, 1.165) is 10.8 Å². The molecule has 3 aromatic carbocycles. The van der Waals surface area contributed by atoms with Crippen LogP contribution in [0.15, 0.2) is 71.6 Å². The number of nitrogens with one attached hydrogen (secondary N) is 3. The fourth-order valence-electron chi connectivity index (χ4n) is 4.56. The number of likely N-dealkylation sites (tertiary alicyclic amines) is 1. The highest BCUT2D eigenvalue weighted by Crippen LogP contribution is 2.21. The summed E-state index contributed by atoms with van der Waals surface area (Å²) in [5.41, 5.74) is 6.70. The first-order valence-electron chi connectivity index (χ1n) is 11.8. The summed E-state index contributed by atoms with van der Waals surface area (Å²) in [5.74, 6) is -0.588. The molecule has 11 heteroatoms. The number of benzene rings is 3. The molecule has 0 radical (unpaired) electrons. The Balaban J connectivity index is 1.63. The second-order valence-corrected chi connectivity index (χ2v) is 10.8. The Bertz CT molecular complexity index is 1440. The molecule has 1 fully saturated rings. The number of hydrogen-bond acceptors (Lipinski definition) is 5. The Morgan fingerprint density at radius 3 is 2.57 bits per heavy atom. The number of sulfonamides is 1. The lowest BCUT2D eigenvalue weighted by Crippen LogP contribution is -2.55. The van der Waals surface area contributed by atoms with Crippen molar-refractivity contribution < 1.29 is 23.1 Å². The molecular weight excluding hydrogens is 494 g/mol.